The molecule has 4 rings (SSSR count). The second-order valence-electron chi connectivity index (χ2n) is 13.6. The number of likely N-dealkylation sites (tertiary alicyclic amines) is 1. The number of rotatable bonds is 10. The number of carbonyl (C=O) groups excluding carboxylic acids is 5. The van der Waals surface area contributed by atoms with E-state index in [0.717, 1.165) is 51.4 Å². The topological polar surface area (TPSA) is 151 Å². The molecule has 41 heavy (non-hydrogen) atoms. The normalized spacial score (nSPS) is 28.0. The summed E-state index contributed by atoms with van der Waals surface area (Å²) < 4.78 is -1.18. The van der Waals surface area contributed by atoms with E-state index in [2.05, 4.69) is 16.0 Å². The highest BCUT2D eigenvalue weighted by Crippen LogP contribution is 2.65. The van der Waals surface area contributed by atoms with E-state index in [1.807, 2.05) is 27.7 Å². The van der Waals surface area contributed by atoms with Gasteiger partial charge < -0.3 is 26.6 Å². The van der Waals surface area contributed by atoms with Gasteiger partial charge in [-0.15, -0.1) is 23.2 Å². The van der Waals surface area contributed by atoms with E-state index in [1.54, 1.807) is 0 Å². The lowest BCUT2D eigenvalue weighted by atomic mass is 9.80. The molecule has 1 saturated heterocycles. The van der Waals surface area contributed by atoms with Crippen LogP contribution < -0.4 is 21.7 Å². The van der Waals surface area contributed by atoms with E-state index < -0.39 is 52.0 Å². The summed E-state index contributed by atoms with van der Waals surface area (Å²) in [5.74, 6) is -3.61. The third-order valence-corrected chi connectivity index (χ3v) is 10.9. The molecule has 2 unspecified atom stereocenters. The lowest BCUT2D eigenvalue weighted by molar-refractivity contribution is -0.144. The predicted octanol–water partition coefficient (Wildman–Crippen LogP) is 3.03. The Morgan fingerprint density at radius 2 is 1.59 bits per heavy atom. The molecule has 3 saturated carbocycles. The first-order valence-electron chi connectivity index (χ1n) is 15.0. The second-order valence-corrected chi connectivity index (χ2v) is 15.1. The van der Waals surface area contributed by atoms with Crippen molar-refractivity contribution in [1.82, 2.24) is 20.9 Å². The molecule has 6 atom stereocenters. The maximum Gasteiger partial charge on any atom is 0.315 e. The number of fused-ring (bicyclic) bond motifs is 1. The fourth-order valence-corrected chi connectivity index (χ4v) is 7.31. The van der Waals surface area contributed by atoms with Crippen LogP contribution in [0.5, 0.6) is 0 Å². The zero-order chi connectivity index (χ0) is 30.3. The van der Waals surface area contributed by atoms with Crippen LogP contribution in [0.1, 0.15) is 85.5 Å². The zero-order valence-electron chi connectivity index (χ0n) is 24.5. The van der Waals surface area contributed by atoms with Crippen LogP contribution in [0.25, 0.3) is 0 Å². The lowest BCUT2D eigenvalue weighted by Crippen LogP contribution is -2.61. The number of hydrogen-bond donors (Lipinski definition) is 4. The number of nitrogens with zero attached hydrogens (tertiary/aromatic N) is 1. The molecule has 0 aromatic heterocycles. The number of urea groups is 1. The van der Waals surface area contributed by atoms with Crippen molar-refractivity contribution in [2.24, 2.45) is 34.8 Å². The lowest BCUT2D eigenvalue weighted by Gasteiger charge is -2.37. The van der Waals surface area contributed by atoms with Crippen molar-refractivity contribution < 1.29 is 24.0 Å². The number of carbonyl (C=O) groups is 5. The van der Waals surface area contributed by atoms with Crippen LogP contribution in [0, 0.1) is 29.1 Å². The van der Waals surface area contributed by atoms with Crippen LogP contribution in [0.15, 0.2) is 0 Å². The minimum Gasteiger partial charge on any atom is -0.363 e. The van der Waals surface area contributed by atoms with E-state index in [0.29, 0.717) is 6.42 Å². The Kier molecular flexibility index (Phi) is 9.53. The Hall–Kier alpha value is -2.07. The number of ketones is 1. The van der Waals surface area contributed by atoms with E-state index >= 15 is 0 Å². The van der Waals surface area contributed by atoms with Gasteiger partial charge in [-0.05, 0) is 43.4 Å². The van der Waals surface area contributed by atoms with Crippen LogP contribution in [-0.2, 0) is 19.2 Å². The number of alkyl halides is 2. The first-order chi connectivity index (χ1) is 19.1. The third-order valence-electron chi connectivity index (χ3n) is 9.87. The smallest absolute Gasteiger partial charge is 0.315 e. The molecular weight excluding hydrogens is 569 g/mol. The molecule has 4 fully saturated rings. The molecule has 0 radical (unpaired) electrons. The van der Waals surface area contributed by atoms with E-state index in [-0.39, 0.29) is 41.7 Å². The van der Waals surface area contributed by atoms with Crippen molar-refractivity contribution in [2.75, 3.05) is 6.54 Å². The number of nitrogens with two attached hydrogens (primary N) is 1. The van der Waals surface area contributed by atoms with Gasteiger partial charge in [-0.25, -0.2) is 4.79 Å². The van der Waals surface area contributed by atoms with Gasteiger partial charge in [0.25, 0.3) is 5.91 Å². The predicted molar refractivity (Wildman–Crippen MR) is 156 cm³/mol. The number of hydrogen-bond acceptors (Lipinski definition) is 5. The number of halogens is 2. The van der Waals surface area contributed by atoms with Crippen LogP contribution in [-0.4, -0.2) is 69.5 Å². The van der Waals surface area contributed by atoms with Gasteiger partial charge >= 0.3 is 6.03 Å². The Morgan fingerprint density at radius 3 is 2.12 bits per heavy atom. The Balaban J connectivity index is 1.55. The van der Waals surface area contributed by atoms with Crippen molar-refractivity contribution in [1.29, 1.82) is 0 Å². The molecule has 0 aromatic carbocycles. The maximum atomic E-state index is 14.2. The fourth-order valence-electron chi connectivity index (χ4n) is 6.48. The van der Waals surface area contributed by atoms with Crippen LogP contribution in [0.4, 0.5) is 4.79 Å². The third kappa shape index (κ3) is 6.95. The minimum absolute atomic E-state index is 0.0767. The number of amides is 5. The molecule has 5 N–H and O–H groups in total. The van der Waals surface area contributed by atoms with Gasteiger partial charge in [0.1, 0.15) is 16.4 Å². The molecule has 5 amide bonds. The summed E-state index contributed by atoms with van der Waals surface area (Å²) in [7, 11) is 0. The Morgan fingerprint density at radius 1 is 0.951 bits per heavy atom. The van der Waals surface area contributed by atoms with Crippen LogP contribution in [0.2, 0.25) is 0 Å². The summed E-state index contributed by atoms with van der Waals surface area (Å²) in [6.45, 7) is 8.14. The number of piperidine rings is 1. The van der Waals surface area contributed by atoms with Crippen LogP contribution in [0.3, 0.4) is 0 Å². The van der Waals surface area contributed by atoms with Gasteiger partial charge in [0.2, 0.25) is 17.6 Å². The first kappa shape index (κ1) is 31.9. The first-order valence-corrected chi connectivity index (χ1v) is 15.8. The van der Waals surface area contributed by atoms with Gasteiger partial charge in [-0.1, -0.05) is 59.3 Å². The summed E-state index contributed by atoms with van der Waals surface area (Å²) >= 11 is 13.0. The highest BCUT2D eigenvalue weighted by atomic mass is 35.5. The molecule has 1 aliphatic heterocycles. The number of primary amides is 1. The molecule has 12 heteroatoms. The molecule has 1 heterocycles. The van der Waals surface area contributed by atoms with E-state index in [4.69, 9.17) is 28.9 Å². The van der Waals surface area contributed by atoms with Crippen molar-refractivity contribution >= 4 is 52.7 Å². The average molecular weight is 615 g/mol. The van der Waals surface area contributed by atoms with Gasteiger partial charge in [0, 0.05) is 24.4 Å². The molecule has 230 valence electrons. The standard InChI is InChI=1S/C29H45Cl2N5O5/c1-15(28(2,3)4)33-27(41)35-21(17-11-6-5-7-12-17)26(40)36-14-18-20(29(18,30)31)22(36)25(39)34-19(23(37)24(32)38)13-16-9-8-10-16/h15-22H,5-14H2,1-4H3,(H2,32,38)(H,34,39)(H2,33,35,41)/t15?,18-,19?,20-,21-,22-/m0/s1. The van der Waals surface area contributed by atoms with E-state index in [9.17, 15) is 24.0 Å². The molecule has 10 nitrogen and oxygen atoms in total. The van der Waals surface area contributed by atoms with Gasteiger partial charge in [-0.3, -0.25) is 19.2 Å². The summed E-state index contributed by atoms with van der Waals surface area (Å²) in [6, 6.07) is -3.51. The second kappa shape index (κ2) is 12.3. The number of Topliss-reactive ketones (excluding diaryl/α,β-unsaturated/α-hetero) is 1. The SMILES string of the molecule is CC(NC(=O)N[C@H](C(=O)N1C[C@H]2[C@@H]([C@H]1C(=O)NC(CC1CCC1)C(=O)C(N)=O)C2(Cl)Cl)C1CCCCC1)C(C)(C)C. The van der Waals surface area contributed by atoms with Crippen LogP contribution >= 0.6 is 23.2 Å². The summed E-state index contributed by atoms with van der Waals surface area (Å²) in [6.07, 6.45) is 7.72. The monoisotopic (exact) mass is 613 g/mol. The van der Waals surface area contributed by atoms with Gasteiger partial charge in [0.05, 0.1) is 6.04 Å². The van der Waals surface area contributed by atoms with Crippen molar-refractivity contribution in [3.63, 3.8) is 0 Å². The average Bonchev–Trinajstić information content (AvgIpc) is 3.20. The minimum atomic E-state index is -1.18. The van der Waals surface area contributed by atoms with E-state index in [1.165, 1.54) is 4.90 Å². The zero-order valence-corrected chi connectivity index (χ0v) is 26.0. The molecule has 0 spiro atoms. The Bertz CT molecular complexity index is 1050. The van der Waals surface area contributed by atoms with Crippen molar-refractivity contribution in [2.45, 2.75) is 114 Å². The molecule has 3 aliphatic carbocycles. The summed E-state index contributed by atoms with van der Waals surface area (Å²) in [5, 5.41) is 8.61. The molecular formula is C29H45Cl2N5O5. The number of nitrogens with one attached hydrogen (secondary N) is 3. The van der Waals surface area contributed by atoms with Crippen molar-refractivity contribution in [3.8, 4) is 0 Å². The maximum absolute atomic E-state index is 14.2. The van der Waals surface area contributed by atoms with Gasteiger partial charge in [-0.2, -0.15) is 0 Å². The fraction of sp³-hybridized carbons (Fsp3) is 0.828. The molecule has 0 aromatic rings. The molecule has 0 bridgehead atoms. The summed E-state index contributed by atoms with van der Waals surface area (Å²) in [5.41, 5.74) is 5.12. The Labute approximate surface area is 252 Å². The molecule has 4 aliphatic rings. The van der Waals surface area contributed by atoms with Crippen molar-refractivity contribution in [3.05, 3.63) is 0 Å². The highest BCUT2D eigenvalue weighted by Gasteiger charge is 2.74. The highest BCUT2D eigenvalue weighted by molar-refractivity contribution is 6.51. The van der Waals surface area contributed by atoms with Gasteiger partial charge in [0.15, 0.2) is 0 Å². The largest absolute Gasteiger partial charge is 0.363 e. The quantitative estimate of drug-likeness (QED) is 0.220. The summed E-state index contributed by atoms with van der Waals surface area (Å²) in [4.78, 5) is 66.9.